The lowest BCUT2D eigenvalue weighted by Crippen LogP contribution is -2.11. The van der Waals surface area contributed by atoms with Crippen molar-refractivity contribution in [2.24, 2.45) is 0 Å². The zero-order chi connectivity index (χ0) is 31.9. The maximum Gasteiger partial charge on any atom is 0.0825 e. The molecule has 0 saturated heterocycles. The fourth-order valence-corrected chi connectivity index (χ4v) is 8.02. The molecule has 2 nitrogen and oxygen atoms in total. The first-order valence-electron chi connectivity index (χ1n) is 16.2. The molecule has 0 spiro atoms. The first kappa shape index (κ1) is 28.2. The van der Waals surface area contributed by atoms with Gasteiger partial charge in [0, 0.05) is 32.9 Å². The molecule has 0 atom stereocenters. The summed E-state index contributed by atoms with van der Waals surface area (Å²) in [5.41, 5.74) is 10.4. The summed E-state index contributed by atoms with van der Waals surface area (Å²) in [6.07, 6.45) is 4.06. The van der Waals surface area contributed by atoms with E-state index >= 15 is 0 Å². The molecule has 0 aliphatic heterocycles. The number of para-hydroxylation sites is 1. The third kappa shape index (κ3) is 4.93. The van der Waals surface area contributed by atoms with Gasteiger partial charge in [0.25, 0.3) is 0 Å². The SMILES string of the molecule is c1ccc(-c2ccc(-c3ccc(N(c4ccccc4-c4ccccc4)c4cncc5c4sc4ccc6ccccc6c45)cc3)cc2)cc1. The minimum absolute atomic E-state index is 1.07. The van der Waals surface area contributed by atoms with Crippen LogP contribution in [-0.2, 0) is 0 Å². The monoisotopic (exact) mass is 630 g/mol. The Morgan fingerprint density at radius 3 is 1.73 bits per heavy atom. The van der Waals surface area contributed by atoms with Gasteiger partial charge in [0.1, 0.15) is 0 Å². The second kappa shape index (κ2) is 12.0. The van der Waals surface area contributed by atoms with Gasteiger partial charge >= 0.3 is 0 Å². The number of rotatable bonds is 6. The van der Waals surface area contributed by atoms with E-state index in [1.807, 2.05) is 23.7 Å². The molecule has 226 valence electrons. The van der Waals surface area contributed by atoms with E-state index < -0.39 is 0 Å². The van der Waals surface area contributed by atoms with Gasteiger partial charge in [-0.3, -0.25) is 4.98 Å². The Hall–Kier alpha value is -6.03. The minimum atomic E-state index is 1.07. The molecular weight excluding hydrogens is 601 g/mol. The number of aromatic nitrogens is 1. The predicted octanol–water partition coefficient (Wildman–Crippen LogP) is 13.1. The van der Waals surface area contributed by atoms with Gasteiger partial charge in [0.2, 0.25) is 0 Å². The second-order valence-corrected chi connectivity index (χ2v) is 13.1. The summed E-state index contributed by atoms with van der Waals surface area (Å²) in [6, 6.07) is 60.8. The van der Waals surface area contributed by atoms with E-state index in [4.69, 9.17) is 4.98 Å². The lowest BCUT2D eigenvalue weighted by Gasteiger charge is -2.28. The first-order chi connectivity index (χ1) is 23.8. The molecule has 0 aliphatic carbocycles. The molecule has 7 aromatic carbocycles. The highest BCUT2D eigenvalue weighted by atomic mass is 32.1. The molecule has 0 bridgehead atoms. The molecule has 0 amide bonds. The fourth-order valence-electron chi connectivity index (χ4n) is 6.83. The van der Waals surface area contributed by atoms with E-state index in [0.29, 0.717) is 0 Å². The normalized spacial score (nSPS) is 11.3. The largest absolute Gasteiger partial charge is 0.307 e. The van der Waals surface area contributed by atoms with Crippen LogP contribution in [0.5, 0.6) is 0 Å². The molecular formula is C45H30N2S. The third-order valence-electron chi connectivity index (χ3n) is 9.17. The molecule has 0 saturated carbocycles. The van der Waals surface area contributed by atoms with Crippen LogP contribution in [0.15, 0.2) is 182 Å². The number of hydrogen-bond donors (Lipinski definition) is 0. The van der Waals surface area contributed by atoms with Crippen molar-refractivity contribution < 1.29 is 0 Å². The molecule has 0 N–H and O–H groups in total. The van der Waals surface area contributed by atoms with E-state index in [2.05, 4.69) is 175 Å². The summed E-state index contributed by atoms with van der Waals surface area (Å²) in [7, 11) is 0. The van der Waals surface area contributed by atoms with E-state index in [0.717, 1.165) is 17.1 Å². The van der Waals surface area contributed by atoms with Gasteiger partial charge in [-0.15, -0.1) is 11.3 Å². The van der Waals surface area contributed by atoms with E-state index in [1.54, 1.807) is 0 Å². The molecule has 0 radical (unpaired) electrons. The summed E-state index contributed by atoms with van der Waals surface area (Å²) < 4.78 is 2.49. The van der Waals surface area contributed by atoms with Crippen LogP contribution in [0.2, 0.25) is 0 Å². The number of pyridine rings is 1. The highest BCUT2D eigenvalue weighted by Gasteiger charge is 2.22. The molecule has 0 unspecified atom stereocenters. The summed E-state index contributed by atoms with van der Waals surface area (Å²) in [6.45, 7) is 0. The Bertz CT molecular complexity index is 2540. The van der Waals surface area contributed by atoms with Crippen molar-refractivity contribution in [2.45, 2.75) is 0 Å². The quantitative estimate of drug-likeness (QED) is 0.182. The van der Waals surface area contributed by atoms with Crippen LogP contribution < -0.4 is 4.90 Å². The van der Waals surface area contributed by atoms with Crippen molar-refractivity contribution in [1.82, 2.24) is 4.98 Å². The predicted molar refractivity (Wildman–Crippen MR) is 206 cm³/mol. The zero-order valence-electron chi connectivity index (χ0n) is 26.1. The number of fused-ring (bicyclic) bond motifs is 5. The van der Waals surface area contributed by atoms with Crippen LogP contribution in [0.3, 0.4) is 0 Å². The summed E-state index contributed by atoms with van der Waals surface area (Å²) in [4.78, 5) is 7.27. The van der Waals surface area contributed by atoms with Crippen LogP contribution in [-0.4, -0.2) is 4.98 Å². The lowest BCUT2D eigenvalue weighted by molar-refractivity contribution is 1.26. The lowest BCUT2D eigenvalue weighted by atomic mass is 9.99. The van der Waals surface area contributed by atoms with Gasteiger partial charge in [-0.05, 0) is 62.9 Å². The molecule has 3 heteroatoms. The second-order valence-electron chi connectivity index (χ2n) is 12.0. The van der Waals surface area contributed by atoms with Crippen LogP contribution in [0, 0.1) is 0 Å². The van der Waals surface area contributed by atoms with Crippen molar-refractivity contribution in [3.05, 3.63) is 182 Å². The number of hydrogen-bond acceptors (Lipinski definition) is 3. The van der Waals surface area contributed by atoms with Gasteiger partial charge in [0.05, 0.1) is 22.3 Å². The Balaban J connectivity index is 1.21. The van der Waals surface area contributed by atoms with Crippen LogP contribution >= 0.6 is 11.3 Å². The van der Waals surface area contributed by atoms with Crippen molar-refractivity contribution in [3.63, 3.8) is 0 Å². The average Bonchev–Trinajstić information content (AvgIpc) is 3.56. The van der Waals surface area contributed by atoms with E-state index in [1.165, 1.54) is 64.3 Å². The maximum absolute atomic E-state index is 4.88. The van der Waals surface area contributed by atoms with Crippen molar-refractivity contribution in [1.29, 1.82) is 0 Å². The molecule has 0 aliphatic rings. The number of nitrogens with zero attached hydrogens (tertiary/aromatic N) is 2. The van der Waals surface area contributed by atoms with Gasteiger partial charge in [-0.25, -0.2) is 0 Å². The van der Waals surface area contributed by atoms with E-state index in [9.17, 15) is 0 Å². The molecule has 9 aromatic rings. The van der Waals surface area contributed by atoms with Crippen molar-refractivity contribution >= 4 is 59.3 Å². The number of thiophene rings is 1. The molecule has 2 heterocycles. The smallest absolute Gasteiger partial charge is 0.0825 e. The van der Waals surface area contributed by atoms with Crippen molar-refractivity contribution in [2.75, 3.05) is 4.90 Å². The highest BCUT2D eigenvalue weighted by molar-refractivity contribution is 7.26. The molecule has 2 aromatic heterocycles. The number of benzene rings is 7. The maximum atomic E-state index is 4.88. The summed E-state index contributed by atoms with van der Waals surface area (Å²) in [5.74, 6) is 0. The molecule has 0 fully saturated rings. The minimum Gasteiger partial charge on any atom is -0.307 e. The van der Waals surface area contributed by atoms with Gasteiger partial charge in [0.15, 0.2) is 0 Å². The zero-order valence-corrected chi connectivity index (χ0v) is 26.9. The van der Waals surface area contributed by atoms with Crippen LogP contribution in [0.4, 0.5) is 17.1 Å². The van der Waals surface area contributed by atoms with E-state index in [-0.39, 0.29) is 0 Å². The summed E-state index contributed by atoms with van der Waals surface area (Å²) in [5, 5.41) is 4.96. The third-order valence-corrected chi connectivity index (χ3v) is 10.4. The Morgan fingerprint density at radius 2 is 1.00 bits per heavy atom. The Labute approximate surface area is 283 Å². The van der Waals surface area contributed by atoms with Crippen molar-refractivity contribution in [3.8, 4) is 33.4 Å². The van der Waals surface area contributed by atoms with Gasteiger partial charge in [-0.2, -0.15) is 0 Å². The van der Waals surface area contributed by atoms with Crippen LogP contribution in [0.1, 0.15) is 0 Å². The Morgan fingerprint density at radius 1 is 0.417 bits per heavy atom. The van der Waals surface area contributed by atoms with Crippen LogP contribution in [0.25, 0.3) is 64.3 Å². The Kier molecular flexibility index (Phi) is 7.03. The topological polar surface area (TPSA) is 16.1 Å². The molecule has 9 rings (SSSR count). The standard InChI is InChI=1S/C45H30N2S/c1-3-11-31(12-4-1)32-19-21-33(22-20-32)34-23-26-37(27-24-34)47(41-18-10-9-16-38(41)35-13-5-2-6-14-35)42-30-46-29-40-44-39-17-8-7-15-36(39)25-28-43(44)48-45(40)42/h1-30H. The highest BCUT2D eigenvalue weighted by Crippen LogP contribution is 2.48. The average molecular weight is 631 g/mol. The summed E-state index contributed by atoms with van der Waals surface area (Å²) >= 11 is 1.84. The first-order valence-corrected chi connectivity index (χ1v) is 17.0. The van der Waals surface area contributed by atoms with Gasteiger partial charge < -0.3 is 4.90 Å². The van der Waals surface area contributed by atoms with Gasteiger partial charge in [-0.1, -0.05) is 146 Å². The molecule has 48 heavy (non-hydrogen) atoms. The number of anilines is 3. The fraction of sp³-hybridized carbons (Fsp3) is 0.